The number of halogens is 2. The van der Waals surface area contributed by atoms with Gasteiger partial charge in [-0.15, -0.1) is 0 Å². The molecule has 3 aromatic rings. The number of anilines is 1. The summed E-state index contributed by atoms with van der Waals surface area (Å²) >= 11 is 6.13. The lowest BCUT2D eigenvalue weighted by Gasteiger charge is -2.28. The van der Waals surface area contributed by atoms with E-state index in [0.29, 0.717) is 10.6 Å². The molecular weight excluding hydrogens is 413 g/mol. The molecule has 0 bridgehead atoms. The van der Waals surface area contributed by atoms with Crippen LogP contribution in [-0.2, 0) is 12.0 Å². The van der Waals surface area contributed by atoms with Crippen molar-refractivity contribution in [3.8, 4) is 0 Å². The van der Waals surface area contributed by atoms with Gasteiger partial charge in [-0.05, 0) is 86.2 Å². The van der Waals surface area contributed by atoms with Gasteiger partial charge in [0.25, 0.3) is 5.91 Å². The number of pyridine rings is 1. The zero-order valence-electron chi connectivity index (χ0n) is 17.0. The molecule has 1 atom stereocenters. The zero-order valence-corrected chi connectivity index (χ0v) is 17.8. The normalized spacial score (nSPS) is 18.7. The van der Waals surface area contributed by atoms with E-state index in [1.54, 1.807) is 0 Å². The van der Waals surface area contributed by atoms with Crippen LogP contribution in [0, 0.1) is 5.82 Å². The van der Waals surface area contributed by atoms with Crippen LogP contribution in [0.25, 0.3) is 0 Å². The average Bonchev–Trinajstić information content (AvgIpc) is 3.55. The highest BCUT2D eigenvalue weighted by Gasteiger charge is 2.47. The fraction of sp³-hybridized carbons (Fsp3) is 0.280. The molecule has 158 valence electrons. The molecule has 2 aliphatic carbocycles. The molecule has 0 radical (unpaired) electrons. The fourth-order valence-electron chi connectivity index (χ4n) is 4.32. The summed E-state index contributed by atoms with van der Waals surface area (Å²) in [5.74, 6) is -0.549. The van der Waals surface area contributed by atoms with Gasteiger partial charge in [-0.1, -0.05) is 23.7 Å². The summed E-state index contributed by atoms with van der Waals surface area (Å²) in [4.78, 5) is 17.7. The topological polar surface area (TPSA) is 54.0 Å². The first kappa shape index (κ1) is 20.0. The van der Waals surface area contributed by atoms with Gasteiger partial charge in [0.2, 0.25) is 0 Å². The van der Waals surface area contributed by atoms with Gasteiger partial charge in [-0.2, -0.15) is 0 Å². The highest BCUT2D eigenvalue weighted by molar-refractivity contribution is 6.30. The molecular formula is C25H23ClFN3O. The van der Waals surface area contributed by atoms with Crippen LogP contribution in [0.15, 0.2) is 60.7 Å². The molecule has 0 saturated heterocycles. The predicted octanol–water partition coefficient (Wildman–Crippen LogP) is 5.78. The van der Waals surface area contributed by atoms with E-state index >= 15 is 0 Å². The molecule has 1 aromatic heterocycles. The van der Waals surface area contributed by atoms with Crippen molar-refractivity contribution in [1.82, 2.24) is 10.3 Å². The minimum absolute atomic E-state index is 0.188. The zero-order chi connectivity index (χ0) is 21.4. The molecule has 31 heavy (non-hydrogen) atoms. The maximum atomic E-state index is 13.2. The number of hydrogen-bond donors (Lipinski definition) is 2. The Hall–Kier alpha value is -2.92. The number of aromatic nitrogens is 1. The first-order valence-corrected chi connectivity index (χ1v) is 11.0. The monoisotopic (exact) mass is 435 g/mol. The number of aryl methyl sites for hydroxylation is 1. The van der Waals surface area contributed by atoms with Gasteiger partial charge in [0.1, 0.15) is 5.82 Å². The summed E-state index contributed by atoms with van der Waals surface area (Å²) < 4.78 is 13.2. The summed E-state index contributed by atoms with van der Waals surface area (Å²) in [6.07, 6.45) is 4.73. The Morgan fingerprint density at radius 3 is 2.65 bits per heavy atom. The van der Waals surface area contributed by atoms with Crippen LogP contribution in [-0.4, -0.2) is 10.9 Å². The van der Waals surface area contributed by atoms with E-state index in [9.17, 15) is 9.18 Å². The smallest absolute Gasteiger partial charge is 0.252 e. The lowest BCUT2D eigenvalue weighted by molar-refractivity contribution is 0.0929. The van der Waals surface area contributed by atoms with E-state index in [1.807, 2.05) is 30.3 Å². The summed E-state index contributed by atoms with van der Waals surface area (Å²) in [7, 11) is 0. The van der Waals surface area contributed by atoms with Gasteiger partial charge in [0.05, 0.1) is 17.3 Å². The highest BCUT2D eigenvalue weighted by Crippen LogP contribution is 2.46. The van der Waals surface area contributed by atoms with E-state index in [2.05, 4.69) is 16.7 Å². The molecule has 5 rings (SSSR count). The number of nitrogens with one attached hydrogen (secondary N) is 2. The quantitative estimate of drug-likeness (QED) is 0.533. The maximum Gasteiger partial charge on any atom is 0.252 e. The first-order valence-electron chi connectivity index (χ1n) is 10.6. The molecule has 0 aliphatic heterocycles. The predicted molar refractivity (Wildman–Crippen MR) is 120 cm³/mol. The minimum atomic E-state index is -0.423. The van der Waals surface area contributed by atoms with Crippen molar-refractivity contribution in [2.45, 2.75) is 43.7 Å². The van der Waals surface area contributed by atoms with Crippen LogP contribution in [0.3, 0.4) is 0 Å². The Bertz CT molecular complexity index is 1130. The van der Waals surface area contributed by atoms with Gasteiger partial charge in [0.15, 0.2) is 0 Å². The molecule has 0 spiro atoms. The second kappa shape index (κ2) is 7.97. The fourth-order valence-corrected chi connectivity index (χ4v) is 4.51. The molecule has 1 saturated carbocycles. The van der Waals surface area contributed by atoms with Gasteiger partial charge in [-0.3, -0.25) is 9.78 Å². The molecule has 2 aromatic carbocycles. The Balaban J connectivity index is 1.36. The van der Waals surface area contributed by atoms with Crippen molar-refractivity contribution in [1.29, 1.82) is 0 Å². The van der Waals surface area contributed by atoms with Gasteiger partial charge >= 0.3 is 0 Å². The van der Waals surface area contributed by atoms with Gasteiger partial charge < -0.3 is 10.6 Å². The lowest BCUT2D eigenvalue weighted by atomic mass is 9.90. The molecule has 2 N–H and O–H groups in total. The number of carbonyl (C=O) groups excluding carboxylic acids is 1. The van der Waals surface area contributed by atoms with Gasteiger partial charge in [-0.25, -0.2) is 4.39 Å². The van der Waals surface area contributed by atoms with Crippen molar-refractivity contribution in [2.75, 3.05) is 5.32 Å². The van der Waals surface area contributed by atoms with Crippen molar-refractivity contribution < 1.29 is 9.18 Å². The number of amides is 1. The third-order valence-electron chi connectivity index (χ3n) is 6.16. The SMILES string of the molecule is O=C(NC1(c2ccc3c(n2)CCC[C@@H]3Nc2cccc(Cl)c2)CC1)c1ccc(F)cc1. The van der Waals surface area contributed by atoms with Crippen molar-refractivity contribution in [3.05, 3.63) is 94.0 Å². The Morgan fingerprint density at radius 2 is 1.90 bits per heavy atom. The van der Waals surface area contributed by atoms with E-state index < -0.39 is 5.54 Å². The average molecular weight is 436 g/mol. The van der Waals surface area contributed by atoms with E-state index in [0.717, 1.165) is 49.2 Å². The largest absolute Gasteiger partial charge is 0.378 e. The third kappa shape index (κ3) is 4.15. The number of nitrogens with zero attached hydrogens (tertiary/aromatic N) is 1. The summed E-state index contributed by atoms with van der Waals surface area (Å²) in [6.45, 7) is 0. The van der Waals surface area contributed by atoms with Crippen molar-refractivity contribution >= 4 is 23.2 Å². The standard InChI is InChI=1S/C25H23ClFN3O/c26-17-3-1-4-19(15-17)28-21-5-2-6-22-20(21)11-12-23(29-22)25(13-14-25)30-24(31)16-7-9-18(27)10-8-16/h1,3-4,7-12,15,21,28H,2,5-6,13-14H2,(H,30,31)/t21-/m0/s1. The van der Waals surface area contributed by atoms with Crippen LogP contribution < -0.4 is 10.6 Å². The van der Waals surface area contributed by atoms with Crippen LogP contribution in [0.5, 0.6) is 0 Å². The summed E-state index contributed by atoms with van der Waals surface area (Å²) in [5, 5.41) is 7.42. The van der Waals surface area contributed by atoms with Gasteiger partial charge in [0, 0.05) is 22.0 Å². The number of hydrogen-bond acceptors (Lipinski definition) is 3. The van der Waals surface area contributed by atoms with Crippen LogP contribution in [0.4, 0.5) is 10.1 Å². The second-order valence-corrected chi connectivity index (χ2v) is 8.81. The van der Waals surface area contributed by atoms with E-state index in [4.69, 9.17) is 16.6 Å². The van der Waals surface area contributed by atoms with Crippen LogP contribution >= 0.6 is 11.6 Å². The number of rotatable bonds is 5. The lowest BCUT2D eigenvalue weighted by Crippen LogP contribution is -2.36. The van der Waals surface area contributed by atoms with Crippen LogP contribution in [0.1, 0.15) is 59.0 Å². The molecule has 6 heteroatoms. The van der Waals surface area contributed by atoms with E-state index in [1.165, 1.54) is 29.8 Å². The molecule has 1 heterocycles. The summed E-state index contributed by atoms with van der Waals surface area (Å²) in [5.41, 5.74) is 4.23. The molecule has 1 amide bonds. The van der Waals surface area contributed by atoms with Crippen LogP contribution in [0.2, 0.25) is 5.02 Å². The Morgan fingerprint density at radius 1 is 1.10 bits per heavy atom. The first-order chi connectivity index (χ1) is 15.0. The summed E-state index contributed by atoms with van der Waals surface area (Å²) in [6, 6.07) is 17.7. The number of fused-ring (bicyclic) bond motifs is 1. The Kier molecular flexibility index (Phi) is 5.14. The molecule has 2 aliphatic rings. The number of benzene rings is 2. The highest BCUT2D eigenvalue weighted by atomic mass is 35.5. The van der Waals surface area contributed by atoms with E-state index in [-0.39, 0.29) is 17.8 Å². The molecule has 1 fully saturated rings. The number of carbonyl (C=O) groups is 1. The second-order valence-electron chi connectivity index (χ2n) is 8.38. The van der Waals surface area contributed by atoms with Crippen molar-refractivity contribution in [3.63, 3.8) is 0 Å². The maximum absolute atomic E-state index is 13.2. The minimum Gasteiger partial charge on any atom is -0.378 e. The Labute approximate surface area is 185 Å². The molecule has 4 nitrogen and oxygen atoms in total. The third-order valence-corrected chi connectivity index (χ3v) is 6.39. The van der Waals surface area contributed by atoms with Crippen molar-refractivity contribution in [2.24, 2.45) is 0 Å². The molecule has 0 unspecified atom stereocenters.